The number of allylic oxidation sites excluding steroid dienone is 1. The molecule has 0 unspecified atom stereocenters. The third-order valence-corrected chi connectivity index (χ3v) is 9.26. The van der Waals surface area contributed by atoms with Gasteiger partial charge in [-0.05, 0) is 75.5 Å². The maximum atomic E-state index is 13.4. The van der Waals surface area contributed by atoms with Crippen molar-refractivity contribution in [2.45, 2.75) is 51.3 Å². The lowest BCUT2D eigenvalue weighted by Crippen LogP contribution is -2.50. The SMILES string of the molecule is C=CCn1c(=O)c2cnc(Nc3ccc(N4CCN(C)[C@H](C)C4)cc3)nc2n1-c1ccc2c(n1)[C@H](O)C1(CC2)CC1. The van der Waals surface area contributed by atoms with Gasteiger partial charge in [0.05, 0.1) is 12.2 Å². The van der Waals surface area contributed by atoms with Gasteiger partial charge in [-0.3, -0.25) is 4.79 Å². The second-order valence-corrected chi connectivity index (χ2v) is 11.8. The summed E-state index contributed by atoms with van der Waals surface area (Å²) in [5.74, 6) is 0.933. The van der Waals surface area contributed by atoms with E-state index in [0.29, 0.717) is 34.5 Å². The molecule has 2 fully saturated rings. The number of aryl methyl sites for hydroxylation is 1. The van der Waals surface area contributed by atoms with Crippen LogP contribution in [0.2, 0.25) is 0 Å². The molecule has 0 radical (unpaired) electrons. The molecule has 1 aromatic carbocycles. The van der Waals surface area contributed by atoms with Gasteiger partial charge in [-0.1, -0.05) is 12.1 Å². The molecule has 1 saturated carbocycles. The van der Waals surface area contributed by atoms with E-state index in [4.69, 9.17) is 9.97 Å². The van der Waals surface area contributed by atoms with Crippen molar-refractivity contribution in [3.05, 3.63) is 76.9 Å². The molecule has 2 N–H and O–H groups in total. The molecular weight excluding hydrogens is 516 g/mol. The van der Waals surface area contributed by atoms with Crippen molar-refractivity contribution >= 4 is 28.4 Å². The van der Waals surface area contributed by atoms with E-state index in [1.165, 1.54) is 5.69 Å². The molecule has 7 rings (SSSR count). The summed E-state index contributed by atoms with van der Waals surface area (Å²) < 4.78 is 3.30. The largest absolute Gasteiger partial charge is 0.386 e. The molecule has 212 valence electrons. The zero-order valence-corrected chi connectivity index (χ0v) is 23.6. The van der Waals surface area contributed by atoms with Crippen LogP contribution in [-0.4, -0.2) is 67.0 Å². The molecule has 1 aliphatic heterocycles. The monoisotopic (exact) mass is 552 g/mol. The summed E-state index contributed by atoms with van der Waals surface area (Å²) in [5, 5.41) is 14.9. The van der Waals surface area contributed by atoms with E-state index in [2.05, 4.69) is 52.8 Å². The minimum absolute atomic E-state index is 0.0322. The number of nitrogens with one attached hydrogen (secondary N) is 1. The Bertz CT molecular complexity index is 1690. The molecule has 10 heteroatoms. The highest BCUT2D eigenvalue weighted by Crippen LogP contribution is 2.60. The van der Waals surface area contributed by atoms with Crippen molar-refractivity contribution < 1.29 is 5.11 Å². The molecule has 10 nitrogen and oxygen atoms in total. The second-order valence-electron chi connectivity index (χ2n) is 11.8. The molecular formula is C31H36N8O2. The molecule has 0 bridgehead atoms. The third kappa shape index (κ3) is 4.42. The Morgan fingerprint density at radius 3 is 2.66 bits per heavy atom. The van der Waals surface area contributed by atoms with E-state index < -0.39 is 6.10 Å². The van der Waals surface area contributed by atoms with Gasteiger partial charge in [0.2, 0.25) is 5.95 Å². The lowest BCUT2D eigenvalue weighted by Gasteiger charge is -2.39. The van der Waals surface area contributed by atoms with Crippen LogP contribution in [0.15, 0.2) is 60.0 Å². The number of hydrogen-bond acceptors (Lipinski definition) is 8. The first-order valence-corrected chi connectivity index (χ1v) is 14.5. The number of hydrogen-bond donors (Lipinski definition) is 2. The summed E-state index contributed by atoms with van der Waals surface area (Å²) in [7, 11) is 2.17. The van der Waals surface area contributed by atoms with Gasteiger partial charge in [-0.15, -0.1) is 6.58 Å². The van der Waals surface area contributed by atoms with E-state index in [9.17, 15) is 9.90 Å². The Kier molecular flexibility index (Phi) is 6.20. The van der Waals surface area contributed by atoms with Gasteiger partial charge in [0.1, 0.15) is 11.5 Å². The molecule has 4 heterocycles. The molecule has 2 aliphatic carbocycles. The minimum atomic E-state index is -0.587. The number of rotatable bonds is 6. The Hall–Kier alpha value is -4.02. The summed E-state index contributed by atoms with van der Waals surface area (Å²) in [6.45, 7) is 9.43. The van der Waals surface area contributed by atoms with Crippen molar-refractivity contribution in [3.8, 4) is 5.82 Å². The summed E-state index contributed by atoms with van der Waals surface area (Å²) in [6.07, 6.45) is 6.63. The van der Waals surface area contributed by atoms with Gasteiger partial charge in [0.15, 0.2) is 11.5 Å². The number of nitrogens with zero attached hydrogens (tertiary/aromatic N) is 7. The van der Waals surface area contributed by atoms with E-state index in [1.807, 2.05) is 24.3 Å². The molecule has 3 aromatic heterocycles. The van der Waals surface area contributed by atoms with E-state index in [1.54, 1.807) is 21.6 Å². The van der Waals surface area contributed by atoms with Gasteiger partial charge in [0, 0.05) is 48.7 Å². The maximum Gasteiger partial charge on any atom is 0.278 e. The molecule has 2 atom stereocenters. The van der Waals surface area contributed by atoms with Crippen molar-refractivity contribution in [1.29, 1.82) is 0 Å². The molecule has 1 spiro atoms. The molecule has 3 aliphatic rings. The highest BCUT2D eigenvalue weighted by atomic mass is 16.3. The van der Waals surface area contributed by atoms with Crippen LogP contribution in [-0.2, 0) is 13.0 Å². The first-order valence-electron chi connectivity index (χ1n) is 14.5. The average Bonchev–Trinajstić information content (AvgIpc) is 3.72. The highest BCUT2D eigenvalue weighted by Gasteiger charge is 2.52. The quantitative estimate of drug-likeness (QED) is 0.348. The van der Waals surface area contributed by atoms with Crippen molar-refractivity contribution in [3.63, 3.8) is 0 Å². The van der Waals surface area contributed by atoms with Crippen LogP contribution in [0.1, 0.15) is 43.5 Å². The topological polar surface area (TPSA) is 104 Å². The van der Waals surface area contributed by atoms with Crippen LogP contribution >= 0.6 is 0 Å². The average molecular weight is 553 g/mol. The number of piperazine rings is 1. The van der Waals surface area contributed by atoms with Crippen LogP contribution in [0.25, 0.3) is 16.9 Å². The van der Waals surface area contributed by atoms with Crippen LogP contribution in [0.5, 0.6) is 0 Å². The van der Waals surface area contributed by atoms with Crippen molar-refractivity contribution in [2.75, 3.05) is 36.9 Å². The zero-order valence-electron chi connectivity index (χ0n) is 23.6. The van der Waals surface area contributed by atoms with Crippen LogP contribution in [0.4, 0.5) is 17.3 Å². The summed E-state index contributed by atoms with van der Waals surface area (Å²) >= 11 is 0. The molecule has 4 aromatic rings. The van der Waals surface area contributed by atoms with Crippen molar-refractivity contribution in [2.24, 2.45) is 5.41 Å². The molecule has 1 saturated heterocycles. The molecule has 0 amide bonds. The standard InChI is InChI=1S/C31H36N8O2/c1-4-15-38-29(41)24-18-32-30(33-22-6-8-23(9-7-22)37-17-16-36(3)20(2)19-37)35-28(24)39(38)25-10-5-21-11-12-31(13-14-31)27(40)26(21)34-25/h4-10,18,20,27,40H,1,11-17,19H2,2-3H3,(H,32,33,35)/t20-,27+/m1/s1. The summed E-state index contributed by atoms with van der Waals surface area (Å²) in [5.41, 5.74) is 4.05. The predicted octanol–water partition coefficient (Wildman–Crippen LogP) is 3.81. The fourth-order valence-electron chi connectivity index (χ4n) is 6.33. The Morgan fingerprint density at radius 2 is 1.93 bits per heavy atom. The second kappa shape index (κ2) is 9.81. The Morgan fingerprint density at radius 1 is 1.12 bits per heavy atom. The fraction of sp³-hybridized carbons (Fsp3) is 0.419. The van der Waals surface area contributed by atoms with E-state index in [0.717, 1.165) is 56.6 Å². The highest BCUT2D eigenvalue weighted by molar-refractivity contribution is 5.77. The van der Waals surface area contributed by atoms with Gasteiger partial charge in [0.25, 0.3) is 5.56 Å². The number of pyridine rings is 1. The lowest BCUT2D eigenvalue weighted by atomic mass is 9.82. The van der Waals surface area contributed by atoms with Crippen LogP contribution < -0.4 is 15.8 Å². The number of fused-ring (bicyclic) bond motifs is 2. The van der Waals surface area contributed by atoms with Crippen molar-refractivity contribution in [1.82, 2.24) is 29.2 Å². The number of aromatic nitrogens is 5. The third-order valence-electron chi connectivity index (χ3n) is 9.26. The Balaban J connectivity index is 1.22. The van der Waals surface area contributed by atoms with Crippen LogP contribution in [0, 0.1) is 5.41 Å². The fourth-order valence-corrected chi connectivity index (χ4v) is 6.33. The number of benzene rings is 1. The first kappa shape index (κ1) is 25.9. The maximum absolute atomic E-state index is 13.4. The lowest BCUT2D eigenvalue weighted by molar-refractivity contribution is 0.0734. The summed E-state index contributed by atoms with van der Waals surface area (Å²) in [4.78, 5) is 32.3. The first-order chi connectivity index (χ1) is 19.9. The zero-order chi connectivity index (χ0) is 28.3. The van der Waals surface area contributed by atoms with Gasteiger partial charge in [-0.2, -0.15) is 4.98 Å². The van der Waals surface area contributed by atoms with Gasteiger partial charge < -0.3 is 20.2 Å². The smallest absolute Gasteiger partial charge is 0.278 e. The van der Waals surface area contributed by atoms with E-state index in [-0.39, 0.29) is 17.5 Å². The number of likely N-dealkylation sites (N-methyl/N-ethyl adjacent to an activating group) is 1. The summed E-state index contributed by atoms with van der Waals surface area (Å²) in [6, 6.07) is 12.7. The normalized spacial score (nSPS) is 21.7. The van der Waals surface area contributed by atoms with E-state index >= 15 is 0 Å². The number of anilines is 3. The van der Waals surface area contributed by atoms with Crippen LogP contribution in [0.3, 0.4) is 0 Å². The minimum Gasteiger partial charge on any atom is -0.386 e. The predicted molar refractivity (Wildman–Crippen MR) is 160 cm³/mol. The van der Waals surface area contributed by atoms with Gasteiger partial charge >= 0.3 is 0 Å². The van der Waals surface area contributed by atoms with Gasteiger partial charge in [-0.25, -0.2) is 19.3 Å². The number of aliphatic hydroxyl groups is 1. The molecule has 41 heavy (non-hydrogen) atoms. The Labute approximate surface area is 238 Å². The number of aliphatic hydroxyl groups excluding tert-OH is 1.